The monoisotopic (exact) mass is 267 g/mol. The predicted octanol–water partition coefficient (Wildman–Crippen LogP) is 1.89. The molecule has 0 aromatic heterocycles. The van der Waals surface area contributed by atoms with Crippen LogP contribution in [-0.4, -0.2) is 31.4 Å². The number of hydrogen-bond donors (Lipinski definition) is 1. The molecule has 0 spiro atoms. The van der Waals surface area contributed by atoms with Gasteiger partial charge in [-0.1, -0.05) is 12.2 Å². The van der Waals surface area contributed by atoms with Gasteiger partial charge < -0.3 is 19.9 Å². The van der Waals surface area contributed by atoms with E-state index in [1.165, 1.54) is 0 Å². The molecule has 1 heterocycles. The molecule has 4 nitrogen and oxygen atoms in total. The highest BCUT2D eigenvalue weighted by Crippen LogP contribution is 2.24. The molecule has 1 aromatic rings. The van der Waals surface area contributed by atoms with Crippen molar-refractivity contribution in [3.63, 3.8) is 0 Å². The first-order chi connectivity index (χ1) is 8.69. The molecule has 1 fully saturated rings. The average molecular weight is 267 g/mol. The topological polar surface area (TPSA) is 53.7 Å². The first kappa shape index (κ1) is 13.1. The van der Waals surface area contributed by atoms with Crippen LogP contribution in [0.2, 0.25) is 0 Å². The van der Waals surface area contributed by atoms with Crippen LogP contribution in [-0.2, 0) is 4.74 Å². The summed E-state index contributed by atoms with van der Waals surface area (Å²) in [5.41, 5.74) is 6.36. The molecule has 1 saturated heterocycles. The fourth-order valence-electron chi connectivity index (χ4n) is 1.88. The second kappa shape index (κ2) is 6.02. The lowest BCUT2D eigenvalue weighted by atomic mass is 10.2. The lowest BCUT2D eigenvalue weighted by molar-refractivity contribution is 0.0679. The third kappa shape index (κ3) is 3.34. The minimum atomic E-state index is 0.185. The summed E-state index contributed by atoms with van der Waals surface area (Å²) in [5.74, 6) is 1.38. The summed E-state index contributed by atoms with van der Waals surface area (Å²) in [7, 11) is 1.60. The van der Waals surface area contributed by atoms with Crippen LogP contribution < -0.4 is 15.2 Å². The fraction of sp³-hybridized carbons (Fsp3) is 0.462. The molecule has 0 saturated carbocycles. The summed E-state index contributed by atoms with van der Waals surface area (Å²) < 4.78 is 16.4. The second-order valence-corrected chi connectivity index (χ2v) is 4.65. The highest BCUT2D eigenvalue weighted by atomic mass is 32.1. The Bertz CT molecular complexity index is 430. The van der Waals surface area contributed by atoms with Crippen molar-refractivity contribution in [2.24, 2.45) is 5.73 Å². The number of nitrogens with two attached hydrogens (primary N) is 1. The van der Waals surface area contributed by atoms with Gasteiger partial charge in [0.05, 0.1) is 13.2 Å². The molecule has 0 amide bonds. The van der Waals surface area contributed by atoms with Crippen LogP contribution in [0.4, 0.5) is 0 Å². The molecule has 0 aliphatic carbocycles. The third-order valence-corrected chi connectivity index (χ3v) is 3.10. The van der Waals surface area contributed by atoms with Crippen molar-refractivity contribution < 1.29 is 14.2 Å². The lowest BCUT2D eigenvalue weighted by Crippen LogP contribution is -2.16. The highest BCUT2D eigenvalue weighted by Gasteiger charge is 2.16. The van der Waals surface area contributed by atoms with Gasteiger partial charge in [0.1, 0.15) is 23.1 Å². The van der Waals surface area contributed by atoms with E-state index in [1.807, 2.05) is 12.1 Å². The molecule has 2 N–H and O–H groups in total. The summed E-state index contributed by atoms with van der Waals surface area (Å²) in [4.78, 5) is 0.330. The van der Waals surface area contributed by atoms with Crippen LogP contribution in [0.15, 0.2) is 18.2 Å². The Balaban J connectivity index is 2.05. The zero-order valence-electron chi connectivity index (χ0n) is 10.3. The fourth-order valence-corrected chi connectivity index (χ4v) is 2.00. The van der Waals surface area contributed by atoms with Crippen LogP contribution in [0.3, 0.4) is 0 Å². The highest BCUT2D eigenvalue weighted by molar-refractivity contribution is 7.80. The van der Waals surface area contributed by atoms with Crippen molar-refractivity contribution in [2.75, 3.05) is 20.3 Å². The van der Waals surface area contributed by atoms with Crippen LogP contribution >= 0.6 is 12.2 Å². The van der Waals surface area contributed by atoms with Gasteiger partial charge in [0.25, 0.3) is 0 Å². The molecule has 1 aliphatic rings. The van der Waals surface area contributed by atoms with Gasteiger partial charge in [0.15, 0.2) is 0 Å². The van der Waals surface area contributed by atoms with Crippen molar-refractivity contribution in [3.8, 4) is 11.5 Å². The Hall–Kier alpha value is -1.33. The standard InChI is InChI=1S/C13H17NO3S/c1-15-11-5-9(13(14)18)6-12(7-11)17-8-10-3-2-4-16-10/h5-7,10H,2-4,8H2,1H3,(H2,14,18). The Labute approximate surface area is 112 Å². The number of benzene rings is 1. The van der Waals surface area contributed by atoms with Crippen molar-refractivity contribution in [1.82, 2.24) is 0 Å². The Morgan fingerprint density at radius 3 is 2.83 bits per heavy atom. The summed E-state index contributed by atoms with van der Waals surface area (Å²) in [5, 5.41) is 0. The van der Waals surface area contributed by atoms with Crippen LogP contribution in [0.5, 0.6) is 11.5 Å². The minimum absolute atomic E-state index is 0.185. The zero-order chi connectivity index (χ0) is 13.0. The van der Waals surface area contributed by atoms with Gasteiger partial charge in [0.2, 0.25) is 0 Å². The largest absolute Gasteiger partial charge is 0.497 e. The maximum atomic E-state index is 5.70. The Morgan fingerprint density at radius 2 is 2.22 bits per heavy atom. The van der Waals surface area contributed by atoms with Gasteiger partial charge in [-0.3, -0.25) is 0 Å². The van der Waals surface area contributed by atoms with E-state index in [0.29, 0.717) is 23.1 Å². The summed E-state index contributed by atoms with van der Waals surface area (Å²) in [6, 6.07) is 5.43. The van der Waals surface area contributed by atoms with E-state index in [2.05, 4.69) is 0 Å². The molecule has 1 aliphatic heterocycles. The second-order valence-electron chi connectivity index (χ2n) is 4.21. The zero-order valence-corrected chi connectivity index (χ0v) is 11.2. The van der Waals surface area contributed by atoms with E-state index >= 15 is 0 Å². The van der Waals surface area contributed by atoms with Gasteiger partial charge in [0, 0.05) is 18.2 Å². The van der Waals surface area contributed by atoms with E-state index < -0.39 is 0 Å². The molecule has 0 radical (unpaired) electrons. The minimum Gasteiger partial charge on any atom is -0.497 e. The lowest BCUT2D eigenvalue weighted by Gasteiger charge is -2.13. The first-order valence-electron chi connectivity index (χ1n) is 5.92. The predicted molar refractivity (Wildman–Crippen MR) is 73.4 cm³/mol. The van der Waals surface area contributed by atoms with E-state index in [-0.39, 0.29) is 6.10 Å². The molecule has 0 bridgehead atoms. The number of thiocarbonyl (C=S) groups is 1. The number of rotatable bonds is 5. The number of hydrogen-bond acceptors (Lipinski definition) is 4. The molecule has 2 rings (SSSR count). The van der Waals surface area contributed by atoms with E-state index in [0.717, 1.165) is 25.0 Å². The van der Waals surface area contributed by atoms with Crippen molar-refractivity contribution >= 4 is 17.2 Å². The Kier molecular flexibility index (Phi) is 4.38. The molecule has 1 unspecified atom stereocenters. The van der Waals surface area contributed by atoms with Gasteiger partial charge in [-0.15, -0.1) is 0 Å². The van der Waals surface area contributed by atoms with Crippen molar-refractivity contribution in [2.45, 2.75) is 18.9 Å². The summed E-state index contributed by atoms with van der Waals surface area (Å²) in [6.07, 6.45) is 2.33. The van der Waals surface area contributed by atoms with Crippen LogP contribution in [0.25, 0.3) is 0 Å². The van der Waals surface area contributed by atoms with Gasteiger partial charge in [-0.2, -0.15) is 0 Å². The van der Waals surface area contributed by atoms with Crippen LogP contribution in [0.1, 0.15) is 18.4 Å². The molecule has 18 heavy (non-hydrogen) atoms. The number of ether oxygens (including phenoxy) is 3. The molecule has 98 valence electrons. The molecule has 1 aromatic carbocycles. The smallest absolute Gasteiger partial charge is 0.123 e. The third-order valence-electron chi connectivity index (χ3n) is 2.86. The molecular weight excluding hydrogens is 250 g/mol. The molecule has 1 atom stereocenters. The van der Waals surface area contributed by atoms with Crippen molar-refractivity contribution in [3.05, 3.63) is 23.8 Å². The van der Waals surface area contributed by atoms with E-state index in [1.54, 1.807) is 13.2 Å². The average Bonchev–Trinajstić information content (AvgIpc) is 2.89. The summed E-state index contributed by atoms with van der Waals surface area (Å²) in [6.45, 7) is 1.37. The van der Waals surface area contributed by atoms with Crippen molar-refractivity contribution in [1.29, 1.82) is 0 Å². The van der Waals surface area contributed by atoms with Gasteiger partial charge in [-0.05, 0) is 25.0 Å². The quantitative estimate of drug-likeness (QED) is 0.826. The van der Waals surface area contributed by atoms with Crippen LogP contribution in [0, 0.1) is 0 Å². The number of methoxy groups -OCH3 is 1. The normalized spacial score (nSPS) is 18.6. The molecule has 5 heteroatoms. The van der Waals surface area contributed by atoms with E-state index in [9.17, 15) is 0 Å². The van der Waals surface area contributed by atoms with Gasteiger partial charge in [-0.25, -0.2) is 0 Å². The first-order valence-corrected chi connectivity index (χ1v) is 6.33. The SMILES string of the molecule is COc1cc(OCC2CCCO2)cc(C(N)=S)c1. The summed E-state index contributed by atoms with van der Waals surface area (Å²) >= 11 is 4.96. The maximum absolute atomic E-state index is 5.70. The van der Waals surface area contributed by atoms with Gasteiger partial charge >= 0.3 is 0 Å². The van der Waals surface area contributed by atoms with E-state index in [4.69, 9.17) is 32.2 Å². The molecular formula is C13H17NO3S. The maximum Gasteiger partial charge on any atom is 0.123 e. The Morgan fingerprint density at radius 1 is 1.44 bits per heavy atom.